The number of phenolic OH excluding ortho intramolecular Hbond substituents is 1. The fourth-order valence-electron chi connectivity index (χ4n) is 4.13. The Hall–Kier alpha value is -3.08. The third kappa shape index (κ3) is 6.53. The molecule has 0 spiro atoms. The molecule has 35 heavy (non-hydrogen) atoms. The van der Waals surface area contributed by atoms with Gasteiger partial charge in [0.1, 0.15) is 17.8 Å². The average Bonchev–Trinajstić information content (AvgIpc) is 3.13. The van der Waals surface area contributed by atoms with Gasteiger partial charge < -0.3 is 26.6 Å². The molecule has 10 heteroatoms. The Balaban J connectivity index is 1.79. The largest absolute Gasteiger partial charge is 0.507 e. The minimum absolute atomic E-state index is 0.0171. The Morgan fingerprint density at radius 3 is 2.43 bits per heavy atom. The molecule has 2 amide bonds. The number of carboxylic acids is 1. The number of aromatic hydroxyl groups is 1. The molecule has 7 N–H and O–H groups in total. The lowest BCUT2D eigenvalue weighted by Crippen LogP contribution is -2.57. The zero-order chi connectivity index (χ0) is 25.8. The van der Waals surface area contributed by atoms with Crippen molar-refractivity contribution in [1.82, 2.24) is 16.0 Å². The monoisotopic (exact) mass is 500 g/mol. The summed E-state index contributed by atoms with van der Waals surface area (Å²) in [5.41, 5.74) is 8.46. The van der Waals surface area contributed by atoms with Crippen LogP contribution in [0, 0.1) is 6.92 Å². The van der Waals surface area contributed by atoms with Gasteiger partial charge in [0.05, 0.1) is 11.8 Å². The number of thioether (sulfide) groups is 1. The second-order valence-corrected chi connectivity index (χ2v) is 10.9. The normalized spacial score (nSPS) is 19.7. The number of hydrogen-bond acceptors (Lipinski definition) is 7. The van der Waals surface area contributed by atoms with E-state index in [9.17, 15) is 24.6 Å². The summed E-state index contributed by atoms with van der Waals surface area (Å²) in [6.07, 6.45) is 0.0757. The van der Waals surface area contributed by atoms with Crippen LogP contribution in [0.15, 0.2) is 42.5 Å². The highest BCUT2D eigenvalue weighted by Gasteiger charge is 2.49. The van der Waals surface area contributed by atoms with E-state index in [0.717, 1.165) is 11.1 Å². The quantitative estimate of drug-likeness (QED) is 0.302. The molecule has 0 saturated carbocycles. The number of carboxylic acid groups (broad SMARTS) is 1. The van der Waals surface area contributed by atoms with Crippen molar-refractivity contribution in [3.63, 3.8) is 0 Å². The average molecular weight is 501 g/mol. The van der Waals surface area contributed by atoms with Crippen LogP contribution >= 0.6 is 11.8 Å². The smallest absolute Gasteiger partial charge is 0.322 e. The van der Waals surface area contributed by atoms with Gasteiger partial charge in [0.25, 0.3) is 0 Å². The van der Waals surface area contributed by atoms with E-state index in [4.69, 9.17) is 5.73 Å². The van der Waals surface area contributed by atoms with Crippen LogP contribution in [0.4, 0.5) is 0 Å². The summed E-state index contributed by atoms with van der Waals surface area (Å²) in [5.74, 6) is -1.87. The fraction of sp³-hybridized carbons (Fsp3) is 0.400. The van der Waals surface area contributed by atoms with Crippen molar-refractivity contribution in [3.05, 3.63) is 64.7 Å². The van der Waals surface area contributed by atoms with E-state index in [0.29, 0.717) is 11.1 Å². The SMILES string of the molecule is Cc1cc(CN)c(O)c(CNC(=O)[C@@H](NC(=O)Cc2ccccc2)[C@@H]2N[C@@H](C(=O)O)C(C)(C)S2)c1. The summed E-state index contributed by atoms with van der Waals surface area (Å²) in [7, 11) is 0. The summed E-state index contributed by atoms with van der Waals surface area (Å²) in [6, 6.07) is 10.7. The third-order valence-corrected chi connectivity index (χ3v) is 7.40. The molecule has 0 bridgehead atoms. The molecule has 1 heterocycles. The number of nitrogens with two attached hydrogens (primary N) is 1. The lowest BCUT2D eigenvalue weighted by atomic mass is 10.0. The number of phenols is 1. The number of rotatable bonds is 9. The molecule has 3 rings (SSSR count). The van der Waals surface area contributed by atoms with Crippen LogP contribution in [0.3, 0.4) is 0 Å². The summed E-state index contributed by atoms with van der Waals surface area (Å²) in [5, 5.41) is 28.0. The van der Waals surface area contributed by atoms with E-state index in [2.05, 4.69) is 16.0 Å². The molecule has 3 atom stereocenters. The first kappa shape index (κ1) is 26.5. The van der Waals surface area contributed by atoms with Gasteiger partial charge in [-0.25, -0.2) is 0 Å². The zero-order valence-corrected chi connectivity index (χ0v) is 20.8. The van der Waals surface area contributed by atoms with Crippen LogP contribution in [0.5, 0.6) is 5.75 Å². The molecule has 2 aromatic rings. The zero-order valence-electron chi connectivity index (χ0n) is 20.0. The van der Waals surface area contributed by atoms with Crippen LogP contribution in [-0.2, 0) is 33.9 Å². The highest BCUT2D eigenvalue weighted by Crippen LogP contribution is 2.39. The van der Waals surface area contributed by atoms with Gasteiger partial charge in [-0.05, 0) is 26.3 Å². The van der Waals surface area contributed by atoms with Crippen LogP contribution in [0.1, 0.15) is 36.1 Å². The van der Waals surface area contributed by atoms with Gasteiger partial charge >= 0.3 is 5.97 Å². The second kappa shape index (κ2) is 11.1. The van der Waals surface area contributed by atoms with E-state index in [1.807, 2.05) is 37.3 Å². The molecule has 2 aromatic carbocycles. The molecule has 0 aliphatic carbocycles. The Bertz CT molecular complexity index is 1090. The van der Waals surface area contributed by atoms with Crippen molar-refractivity contribution < 1.29 is 24.6 Å². The van der Waals surface area contributed by atoms with E-state index >= 15 is 0 Å². The highest BCUT2D eigenvalue weighted by atomic mass is 32.2. The first-order valence-electron chi connectivity index (χ1n) is 11.3. The molecule has 0 radical (unpaired) electrons. The first-order chi connectivity index (χ1) is 16.5. The summed E-state index contributed by atoms with van der Waals surface area (Å²) >= 11 is 1.29. The Morgan fingerprint density at radius 2 is 1.83 bits per heavy atom. The summed E-state index contributed by atoms with van der Waals surface area (Å²) in [6.45, 7) is 5.60. The van der Waals surface area contributed by atoms with E-state index < -0.39 is 34.1 Å². The molecule has 1 fully saturated rings. The molecular weight excluding hydrogens is 468 g/mol. The van der Waals surface area contributed by atoms with Gasteiger partial charge in [-0.15, -0.1) is 11.8 Å². The molecule has 1 aliphatic rings. The minimum atomic E-state index is -1.04. The van der Waals surface area contributed by atoms with Crippen molar-refractivity contribution in [2.75, 3.05) is 0 Å². The van der Waals surface area contributed by atoms with Crippen molar-refractivity contribution in [2.45, 2.75) is 62.5 Å². The molecule has 0 aromatic heterocycles. The fourth-order valence-corrected chi connectivity index (χ4v) is 5.62. The van der Waals surface area contributed by atoms with Gasteiger partial charge in [-0.2, -0.15) is 0 Å². The number of carbonyl (C=O) groups is 3. The topological polar surface area (TPSA) is 154 Å². The molecule has 0 unspecified atom stereocenters. The number of hydrogen-bond donors (Lipinski definition) is 6. The molecule has 1 saturated heterocycles. The summed E-state index contributed by atoms with van der Waals surface area (Å²) < 4.78 is -0.704. The predicted octanol–water partition coefficient (Wildman–Crippen LogP) is 1.40. The minimum Gasteiger partial charge on any atom is -0.507 e. The van der Waals surface area contributed by atoms with Crippen LogP contribution in [-0.4, -0.2) is 50.2 Å². The van der Waals surface area contributed by atoms with Crippen LogP contribution in [0.25, 0.3) is 0 Å². The maximum atomic E-state index is 13.3. The van der Waals surface area contributed by atoms with Gasteiger partial charge in [-0.1, -0.05) is 48.0 Å². The van der Waals surface area contributed by atoms with Crippen LogP contribution in [0.2, 0.25) is 0 Å². The maximum absolute atomic E-state index is 13.3. The Labute approximate surface area is 208 Å². The van der Waals surface area contributed by atoms with Crippen molar-refractivity contribution in [2.24, 2.45) is 5.73 Å². The Morgan fingerprint density at radius 1 is 1.17 bits per heavy atom. The number of carbonyl (C=O) groups excluding carboxylic acids is 2. The predicted molar refractivity (Wildman–Crippen MR) is 135 cm³/mol. The Kier molecular flexibility index (Phi) is 8.42. The van der Waals surface area contributed by atoms with Crippen LogP contribution < -0.4 is 21.7 Å². The lowest BCUT2D eigenvalue weighted by molar-refractivity contribution is -0.140. The van der Waals surface area contributed by atoms with Gasteiger partial charge in [-0.3, -0.25) is 19.7 Å². The number of nitrogens with one attached hydrogen (secondary N) is 3. The van der Waals surface area contributed by atoms with Gasteiger partial charge in [0.2, 0.25) is 11.8 Å². The molecular formula is C25H32N4O5S. The molecule has 9 nitrogen and oxygen atoms in total. The maximum Gasteiger partial charge on any atom is 0.322 e. The number of aryl methyl sites for hydroxylation is 1. The van der Waals surface area contributed by atoms with E-state index in [-0.39, 0.29) is 31.2 Å². The van der Waals surface area contributed by atoms with Crippen molar-refractivity contribution >= 4 is 29.5 Å². The third-order valence-electron chi connectivity index (χ3n) is 5.90. The van der Waals surface area contributed by atoms with E-state index in [1.165, 1.54) is 11.8 Å². The first-order valence-corrected chi connectivity index (χ1v) is 12.2. The van der Waals surface area contributed by atoms with Gasteiger partial charge in [0, 0.05) is 29.0 Å². The molecule has 1 aliphatic heterocycles. The van der Waals surface area contributed by atoms with Crippen molar-refractivity contribution in [3.8, 4) is 5.75 Å². The van der Waals surface area contributed by atoms with Crippen molar-refractivity contribution in [1.29, 1.82) is 0 Å². The lowest BCUT2D eigenvalue weighted by Gasteiger charge is -2.25. The summed E-state index contributed by atoms with van der Waals surface area (Å²) in [4.78, 5) is 37.9. The second-order valence-electron chi connectivity index (χ2n) is 9.14. The van der Waals surface area contributed by atoms with E-state index in [1.54, 1.807) is 26.0 Å². The standard InChI is InChI=1S/C25H32N4O5S/c1-14-9-16(12-26)20(31)17(10-14)13-27-22(32)19(23-29-21(24(33)34)25(2,3)35-23)28-18(30)11-15-7-5-4-6-8-15/h4-10,19,21,23,29,31H,11-13,26H2,1-3H3,(H,27,32)(H,28,30)(H,33,34)/t19-,21+,23-/m1/s1. The number of amides is 2. The number of benzene rings is 2. The number of aliphatic carboxylic acids is 1. The molecule has 188 valence electrons. The highest BCUT2D eigenvalue weighted by molar-refractivity contribution is 8.01. The van der Waals surface area contributed by atoms with Gasteiger partial charge in [0.15, 0.2) is 0 Å².